The molecule has 1 aliphatic rings. The number of nitrogens with zero attached hydrogens (tertiary/aromatic N) is 3. The molecule has 2 heterocycles. The van der Waals surface area contributed by atoms with Crippen molar-refractivity contribution >= 4 is 71.3 Å². The van der Waals surface area contributed by atoms with Gasteiger partial charge in [-0.3, -0.25) is 0 Å². The van der Waals surface area contributed by atoms with E-state index in [1.165, 1.54) is 104 Å². The Hall–Kier alpha value is -9.70. The zero-order valence-corrected chi connectivity index (χ0v) is 42.3. The van der Waals surface area contributed by atoms with Crippen molar-refractivity contribution in [1.82, 2.24) is 9.13 Å². The number of rotatable bonds is 8. The molecular weight excluding hydrogens is 919 g/mol. The molecule has 0 N–H and O–H groups in total. The number of aromatic nitrogens is 2. The minimum atomic E-state index is -0.157. The van der Waals surface area contributed by atoms with Crippen molar-refractivity contribution < 1.29 is 0 Å². The van der Waals surface area contributed by atoms with E-state index < -0.39 is 0 Å². The number of anilines is 3. The van der Waals surface area contributed by atoms with Crippen LogP contribution in [-0.4, -0.2) is 9.13 Å². The van der Waals surface area contributed by atoms with E-state index in [2.05, 4.69) is 301 Å². The fourth-order valence-corrected chi connectivity index (χ4v) is 12.8. The first-order valence-corrected chi connectivity index (χ1v) is 26.4. The van der Waals surface area contributed by atoms with Crippen LogP contribution in [0.15, 0.2) is 273 Å². The third-order valence-corrected chi connectivity index (χ3v) is 16.3. The third-order valence-electron chi connectivity index (χ3n) is 16.3. The van der Waals surface area contributed by atoms with Gasteiger partial charge in [0.15, 0.2) is 0 Å². The molecule has 15 rings (SSSR count). The van der Waals surface area contributed by atoms with E-state index in [1.807, 2.05) is 0 Å². The van der Waals surface area contributed by atoms with Crippen molar-refractivity contribution in [3.05, 3.63) is 284 Å². The van der Waals surface area contributed by atoms with Gasteiger partial charge in [-0.15, -0.1) is 0 Å². The summed E-state index contributed by atoms with van der Waals surface area (Å²) in [6, 6.07) is 101. The molecule has 0 amide bonds. The van der Waals surface area contributed by atoms with Crippen LogP contribution in [0.4, 0.5) is 17.1 Å². The topological polar surface area (TPSA) is 13.1 Å². The van der Waals surface area contributed by atoms with Crippen molar-refractivity contribution in [3.63, 3.8) is 0 Å². The van der Waals surface area contributed by atoms with Gasteiger partial charge in [-0.25, -0.2) is 0 Å². The summed E-state index contributed by atoms with van der Waals surface area (Å²) in [4.78, 5) is 2.46. The first kappa shape index (κ1) is 43.8. The summed E-state index contributed by atoms with van der Waals surface area (Å²) in [6.07, 6.45) is 0. The Morgan fingerprint density at radius 1 is 0.329 bits per heavy atom. The molecule has 3 nitrogen and oxygen atoms in total. The summed E-state index contributed by atoms with van der Waals surface area (Å²) in [5, 5.41) is 8.49. The van der Waals surface area contributed by atoms with Gasteiger partial charge in [0, 0.05) is 60.7 Å². The van der Waals surface area contributed by atoms with E-state index in [4.69, 9.17) is 0 Å². The highest BCUT2D eigenvalue weighted by atomic mass is 15.1. The molecule has 0 atom stereocenters. The Morgan fingerprint density at radius 2 is 0.908 bits per heavy atom. The molecule has 358 valence electrons. The standard InChI is InChI=1S/C73H51N3/c1-73(2)65-34-18-16-31-58(65)59-43-41-55(46-66(59)73)74(54-42-44-69-63(45-54)60-32-17-19-35-68(60)75(69)52-27-10-5-11-28-52)53-39-37-49(38-40-53)62-47-64-70(50-22-6-3-7-23-50)71(51-24-8-4-9-25-51)76(72(64)61-33-15-14-30-57(61)62)67-36-20-26-48-21-12-13-29-56(48)67/h3-47H,1-2H3. The molecule has 1 aliphatic carbocycles. The van der Waals surface area contributed by atoms with Gasteiger partial charge in [-0.05, 0) is 128 Å². The van der Waals surface area contributed by atoms with Crippen molar-refractivity contribution in [2.24, 2.45) is 0 Å². The second kappa shape index (κ2) is 17.2. The number of fused-ring (bicyclic) bond motifs is 10. The molecule has 14 aromatic rings. The minimum absolute atomic E-state index is 0.157. The van der Waals surface area contributed by atoms with Crippen LogP contribution in [0.1, 0.15) is 25.0 Å². The maximum absolute atomic E-state index is 2.55. The smallest absolute Gasteiger partial charge is 0.0620 e. The van der Waals surface area contributed by atoms with E-state index in [1.54, 1.807) is 0 Å². The van der Waals surface area contributed by atoms with Crippen molar-refractivity contribution in [3.8, 4) is 56.0 Å². The molecule has 0 fully saturated rings. The van der Waals surface area contributed by atoms with Crippen LogP contribution >= 0.6 is 0 Å². The van der Waals surface area contributed by atoms with Crippen LogP contribution < -0.4 is 4.90 Å². The molecular formula is C73H51N3. The lowest BCUT2D eigenvalue weighted by molar-refractivity contribution is 0.660. The zero-order valence-electron chi connectivity index (χ0n) is 42.3. The molecule has 0 saturated carbocycles. The van der Waals surface area contributed by atoms with E-state index in [0.29, 0.717) is 0 Å². The fraction of sp³-hybridized carbons (Fsp3) is 0.0411. The van der Waals surface area contributed by atoms with Gasteiger partial charge in [0.2, 0.25) is 0 Å². The van der Waals surface area contributed by atoms with E-state index in [0.717, 1.165) is 34.0 Å². The summed E-state index contributed by atoms with van der Waals surface area (Å²) < 4.78 is 4.94. The van der Waals surface area contributed by atoms with Crippen LogP contribution in [0.2, 0.25) is 0 Å². The Balaban J connectivity index is 0.954. The molecule has 0 aliphatic heterocycles. The SMILES string of the molecule is CC1(C)c2ccccc2-c2ccc(N(c3ccc(-c4cc5c(-c6ccccc6)c(-c6ccccc6)n(-c6cccc7ccccc67)c5c5ccccc45)cc3)c3ccc4c(c3)c3ccccc3n4-c3ccccc3)cc21. The normalized spacial score (nSPS) is 12.7. The van der Waals surface area contributed by atoms with Crippen LogP contribution in [0, 0.1) is 0 Å². The molecule has 0 radical (unpaired) electrons. The molecule has 0 spiro atoms. The zero-order chi connectivity index (χ0) is 50.5. The van der Waals surface area contributed by atoms with Gasteiger partial charge < -0.3 is 14.0 Å². The van der Waals surface area contributed by atoms with Crippen LogP contribution in [-0.2, 0) is 5.41 Å². The Bertz CT molecular complexity index is 4580. The number of hydrogen-bond acceptors (Lipinski definition) is 1. The van der Waals surface area contributed by atoms with Crippen molar-refractivity contribution in [2.75, 3.05) is 4.90 Å². The molecule has 76 heavy (non-hydrogen) atoms. The Labute approximate surface area is 442 Å². The highest BCUT2D eigenvalue weighted by Gasteiger charge is 2.36. The van der Waals surface area contributed by atoms with Crippen molar-refractivity contribution in [1.29, 1.82) is 0 Å². The summed E-state index contributed by atoms with van der Waals surface area (Å²) in [5.41, 5.74) is 21.5. The van der Waals surface area contributed by atoms with Gasteiger partial charge >= 0.3 is 0 Å². The number of para-hydroxylation sites is 2. The summed E-state index contributed by atoms with van der Waals surface area (Å²) in [5.74, 6) is 0. The molecule has 2 aromatic heterocycles. The highest BCUT2D eigenvalue weighted by Crippen LogP contribution is 2.52. The second-order valence-electron chi connectivity index (χ2n) is 20.8. The minimum Gasteiger partial charge on any atom is -0.310 e. The molecule has 0 bridgehead atoms. The highest BCUT2D eigenvalue weighted by molar-refractivity contribution is 6.20. The average molecular weight is 970 g/mol. The van der Waals surface area contributed by atoms with Gasteiger partial charge in [-0.1, -0.05) is 214 Å². The fourth-order valence-electron chi connectivity index (χ4n) is 12.8. The third kappa shape index (κ3) is 6.69. The summed E-state index contributed by atoms with van der Waals surface area (Å²) >= 11 is 0. The monoisotopic (exact) mass is 969 g/mol. The molecule has 0 unspecified atom stereocenters. The predicted molar refractivity (Wildman–Crippen MR) is 321 cm³/mol. The lowest BCUT2D eigenvalue weighted by Gasteiger charge is -2.28. The van der Waals surface area contributed by atoms with E-state index >= 15 is 0 Å². The number of benzene rings is 12. The average Bonchev–Trinajstić information content (AvgIpc) is 4.12. The lowest BCUT2D eigenvalue weighted by atomic mass is 9.82. The van der Waals surface area contributed by atoms with E-state index in [-0.39, 0.29) is 5.41 Å². The lowest BCUT2D eigenvalue weighted by Crippen LogP contribution is -2.16. The maximum atomic E-state index is 2.55. The summed E-state index contributed by atoms with van der Waals surface area (Å²) in [7, 11) is 0. The largest absolute Gasteiger partial charge is 0.310 e. The van der Waals surface area contributed by atoms with E-state index in [9.17, 15) is 0 Å². The first-order valence-electron chi connectivity index (χ1n) is 26.4. The Morgan fingerprint density at radius 3 is 1.70 bits per heavy atom. The molecule has 3 heteroatoms. The van der Waals surface area contributed by atoms with Gasteiger partial charge in [0.05, 0.1) is 27.9 Å². The quantitative estimate of drug-likeness (QED) is 0.148. The first-order chi connectivity index (χ1) is 37.5. The van der Waals surface area contributed by atoms with Crippen LogP contribution in [0.3, 0.4) is 0 Å². The second-order valence-corrected chi connectivity index (χ2v) is 20.8. The maximum Gasteiger partial charge on any atom is 0.0620 e. The van der Waals surface area contributed by atoms with Gasteiger partial charge in [0.25, 0.3) is 0 Å². The van der Waals surface area contributed by atoms with Crippen molar-refractivity contribution in [2.45, 2.75) is 19.3 Å². The number of hydrogen-bond donors (Lipinski definition) is 0. The molecule has 12 aromatic carbocycles. The summed E-state index contributed by atoms with van der Waals surface area (Å²) in [6.45, 7) is 4.74. The predicted octanol–water partition coefficient (Wildman–Crippen LogP) is 19.8. The Kier molecular flexibility index (Phi) is 9.92. The van der Waals surface area contributed by atoms with Crippen LogP contribution in [0.25, 0.3) is 110 Å². The van der Waals surface area contributed by atoms with Gasteiger partial charge in [0.1, 0.15) is 0 Å². The molecule has 0 saturated heterocycles. The van der Waals surface area contributed by atoms with Crippen LogP contribution in [0.5, 0.6) is 0 Å². The van der Waals surface area contributed by atoms with Gasteiger partial charge in [-0.2, -0.15) is 0 Å².